The SMILES string of the molecule is Nc1cccc(-n2ccc(C(=O)NC3CCOCC3)n2)c1. The largest absolute Gasteiger partial charge is 0.399 e. The number of nitrogens with one attached hydrogen (secondary N) is 1. The van der Waals surface area contributed by atoms with Gasteiger partial charge < -0.3 is 15.8 Å². The second-order valence-corrected chi connectivity index (χ2v) is 5.10. The van der Waals surface area contributed by atoms with Crippen molar-refractivity contribution in [1.82, 2.24) is 15.1 Å². The minimum absolute atomic E-state index is 0.149. The van der Waals surface area contributed by atoms with Gasteiger partial charge in [0.1, 0.15) is 0 Å². The van der Waals surface area contributed by atoms with Crippen LogP contribution in [-0.2, 0) is 4.74 Å². The molecule has 0 radical (unpaired) electrons. The van der Waals surface area contributed by atoms with Gasteiger partial charge in [0, 0.05) is 31.1 Å². The summed E-state index contributed by atoms with van der Waals surface area (Å²) >= 11 is 0. The Morgan fingerprint density at radius 2 is 2.14 bits per heavy atom. The fourth-order valence-corrected chi connectivity index (χ4v) is 2.36. The summed E-state index contributed by atoms with van der Waals surface area (Å²) in [5.74, 6) is -0.149. The zero-order valence-corrected chi connectivity index (χ0v) is 11.7. The molecule has 3 rings (SSSR count). The minimum Gasteiger partial charge on any atom is -0.399 e. The van der Waals surface area contributed by atoms with Crippen LogP contribution >= 0.6 is 0 Å². The highest BCUT2D eigenvalue weighted by atomic mass is 16.5. The molecule has 6 heteroatoms. The lowest BCUT2D eigenvalue weighted by atomic mass is 10.1. The smallest absolute Gasteiger partial charge is 0.272 e. The average molecular weight is 286 g/mol. The Bertz CT molecular complexity index is 632. The molecular formula is C15H18N4O2. The summed E-state index contributed by atoms with van der Waals surface area (Å²) < 4.78 is 6.93. The monoisotopic (exact) mass is 286 g/mol. The number of rotatable bonds is 3. The standard InChI is InChI=1S/C15H18N4O2/c16-11-2-1-3-13(10-11)19-7-4-14(18-19)15(20)17-12-5-8-21-9-6-12/h1-4,7,10,12H,5-6,8-9,16H2,(H,17,20). The van der Waals surface area contributed by atoms with Gasteiger partial charge in [0.25, 0.3) is 5.91 Å². The molecule has 1 aromatic heterocycles. The van der Waals surface area contributed by atoms with E-state index in [1.807, 2.05) is 24.3 Å². The van der Waals surface area contributed by atoms with Crippen molar-refractivity contribution in [3.63, 3.8) is 0 Å². The maximum atomic E-state index is 12.2. The summed E-state index contributed by atoms with van der Waals surface area (Å²) in [6.07, 6.45) is 3.46. The molecule has 1 aliphatic rings. The van der Waals surface area contributed by atoms with Crippen molar-refractivity contribution in [3.05, 3.63) is 42.2 Å². The predicted molar refractivity (Wildman–Crippen MR) is 79.3 cm³/mol. The lowest BCUT2D eigenvalue weighted by Crippen LogP contribution is -2.39. The topological polar surface area (TPSA) is 82.2 Å². The molecule has 3 N–H and O–H groups in total. The van der Waals surface area contributed by atoms with E-state index in [-0.39, 0.29) is 11.9 Å². The molecule has 21 heavy (non-hydrogen) atoms. The van der Waals surface area contributed by atoms with E-state index in [1.165, 1.54) is 0 Å². The molecule has 0 atom stereocenters. The van der Waals surface area contributed by atoms with Crippen molar-refractivity contribution < 1.29 is 9.53 Å². The highest BCUT2D eigenvalue weighted by Gasteiger charge is 2.18. The van der Waals surface area contributed by atoms with Crippen molar-refractivity contribution >= 4 is 11.6 Å². The van der Waals surface area contributed by atoms with Gasteiger partial charge in [0.05, 0.1) is 5.69 Å². The van der Waals surface area contributed by atoms with Crippen LogP contribution in [0.1, 0.15) is 23.3 Å². The van der Waals surface area contributed by atoms with Crippen LogP contribution in [0.15, 0.2) is 36.5 Å². The third-order valence-corrected chi connectivity index (χ3v) is 3.51. The number of carbonyl (C=O) groups is 1. The third kappa shape index (κ3) is 3.22. The molecule has 0 saturated carbocycles. The maximum Gasteiger partial charge on any atom is 0.272 e. The van der Waals surface area contributed by atoms with Gasteiger partial charge in [-0.3, -0.25) is 4.79 Å². The van der Waals surface area contributed by atoms with Gasteiger partial charge in [-0.2, -0.15) is 5.10 Å². The van der Waals surface area contributed by atoms with Crippen LogP contribution < -0.4 is 11.1 Å². The van der Waals surface area contributed by atoms with Crippen molar-refractivity contribution in [1.29, 1.82) is 0 Å². The second-order valence-electron chi connectivity index (χ2n) is 5.10. The van der Waals surface area contributed by atoms with Gasteiger partial charge in [0.2, 0.25) is 0 Å². The Hall–Kier alpha value is -2.34. The highest BCUT2D eigenvalue weighted by Crippen LogP contribution is 2.12. The quantitative estimate of drug-likeness (QED) is 0.835. The molecule has 0 bridgehead atoms. The van der Waals surface area contributed by atoms with Crippen LogP contribution in [0.2, 0.25) is 0 Å². The Morgan fingerprint density at radius 3 is 2.90 bits per heavy atom. The number of anilines is 1. The first-order valence-electron chi connectivity index (χ1n) is 7.02. The number of benzene rings is 1. The van der Waals surface area contributed by atoms with E-state index >= 15 is 0 Å². The highest BCUT2D eigenvalue weighted by molar-refractivity contribution is 5.92. The van der Waals surface area contributed by atoms with Gasteiger partial charge in [-0.25, -0.2) is 4.68 Å². The number of nitrogens with zero attached hydrogens (tertiary/aromatic N) is 2. The van der Waals surface area contributed by atoms with Gasteiger partial charge in [-0.05, 0) is 37.1 Å². The lowest BCUT2D eigenvalue weighted by Gasteiger charge is -2.22. The fraction of sp³-hybridized carbons (Fsp3) is 0.333. The molecule has 6 nitrogen and oxygen atoms in total. The van der Waals surface area contributed by atoms with Crippen LogP contribution in [0, 0.1) is 0 Å². The van der Waals surface area contributed by atoms with E-state index in [9.17, 15) is 4.79 Å². The van der Waals surface area contributed by atoms with Gasteiger partial charge >= 0.3 is 0 Å². The van der Waals surface area contributed by atoms with E-state index in [0.717, 1.165) is 18.5 Å². The summed E-state index contributed by atoms with van der Waals surface area (Å²) in [7, 11) is 0. The summed E-state index contributed by atoms with van der Waals surface area (Å²) in [6, 6.07) is 9.25. The number of hydrogen-bond acceptors (Lipinski definition) is 4. The first-order valence-corrected chi connectivity index (χ1v) is 7.02. The van der Waals surface area contributed by atoms with Crippen LogP contribution in [0.4, 0.5) is 5.69 Å². The van der Waals surface area contributed by atoms with Crippen LogP contribution in [0.5, 0.6) is 0 Å². The predicted octanol–water partition coefficient (Wildman–Crippen LogP) is 1.36. The van der Waals surface area contributed by atoms with Gasteiger partial charge in [-0.15, -0.1) is 0 Å². The number of ether oxygens (including phenoxy) is 1. The Kier molecular flexibility index (Phi) is 3.87. The molecule has 1 aromatic carbocycles. The Labute approximate surface area is 122 Å². The number of amides is 1. The molecule has 0 spiro atoms. The average Bonchev–Trinajstić information content (AvgIpc) is 2.98. The molecule has 110 valence electrons. The molecule has 2 aromatic rings. The van der Waals surface area contributed by atoms with Crippen LogP contribution in [-0.4, -0.2) is 34.9 Å². The first kappa shape index (κ1) is 13.6. The summed E-state index contributed by atoms with van der Waals surface area (Å²) in [6.45, 7) is 1.39. The maximum absolute atomic E-state index is 12.2. The third-order valence-electron chi connectivity index (χ3n) is 3.51. The van der Waals surface area contributed by atoms with Gasteiger partial charge in [-0.1, -0.05) is 6.07 Å². The van der Waals surface area contributed by atoms with E-state index < -0.39 is 0 Å². The van der Waals surface area contributed by atoms with E-state index in [1.54, 1.807) is 16.9 Å². The fourth-order valence-electron chi connectivity index (χ4n) is 2.36. The Morgan fingerprint density at radius 1 is 1.33 bits per heavy atom. The minimum atomic E-state index is -0.149. The molecule has 1 fully saturated rings. The summed E-state index contributed by atoms with van der Waals surface area (Å²) in [5.41, 5.74) is 7.66. The second kappa shape index (κ2) is 5.97. The molecule has 1 amide bonds. The normalized spacial score (nSPS) is 15.8. The zero-order chi connectivity index (χ0) is 14.7. The molecule has 0 unspecified atom stereocenters. The molecular weight excluding hydrogens is 268 g/mol. The summed E-state index contributed by atoms with van der Waals surface area (Å²) in [4.78, 5) is 12.2. The number of aromatic nitrogens is 2. The number of nitrogens with two attached hydrogens (primary N) is 1. The molecule has 1 saturated heterocycles. The lowest BCUT2D eigenvalue weighted by molar-refractivity contribution is 0.0694. The molecule has 2 heterocycles. The van der Waals surface area contributed by atoms with E-state index in [2.05, 4.69) is 10.4 Å². The van der Waals surface area contributed by atoms with Gasteiger partial charge in [0.15, 0.2) is 5.69 Å². The van der Waals surface area contributed by atoms with Crippen molar-refractivity contribution in [3.8, 4) is 5.69 Å². The van der Waals surface area contributed by atoms with Crippen molar-refractivity contribution in [2.75, 3.05) is 18.9 Å². The molecule has 1 aliphatic heterocycles. The van der Waals surface area contributed by atoms with E-state index in [4.69, 9.17) is 10.5 Å². The van der Waals surface area contributed by atoms with Crippen molar-refractivity contribution in [2.45, 2.75) is 18.9 Å². The zero-order valence-electron chi connectivity index (χ0n) is 11.7. The van der Waals surface area contributed by atoms with Crippen molar-refractivity contribution in [2.24, 2.45) is 0 Å². The van der Waals surface area contributed by atoms with Crippen LogP contribution in [0.25, 0.3) is 5.69 Å². The molecule has 0 aliphatic carbocycles. The number of carbonyl (C=O) groups excluding carboxylic acids is 1. The summed E-state index contributed by atoms with van der Waals surface area (Å²) in [5, 5.41) is 7.30. The Balaban J connectivity index is 1.70. The number of nitrogen functional groups attached to an aromatic ring is 1. The van der Waals surface area contributed by atoms with E-state index in [0.29, 0.717) is 24.6 Å². The number of hydrogen-bond donors (Lipinski definition) is 2. The van der Waals surface area contributed by atoms with Crippen LogP contribution in [0.3, 0.4) is 0 Å². The first-order chi connectivity index (χ1) is 10.2.